The third-order valence-corrected chi connectivity index (χ3v) is 5.07. The standard InChI is InChI=1S/C20H27N3O3/c1-25-18-17(15-21-19(22-18)26-2)20(24)10-13-23(14-11-20)12-6-9-16-7-4-3-5-8-16/h3-5,7-8,15,24H,6,9-14H2,1-2H3. The average Bonchev–Trinajstić information content (AvgIpc) is 2.70. The van der Waals surface area contributed by atoms with Gasteiger partial charge in [0.2, 0.25) is 5.88 Å². The maximum absolute atomic E-state index is 11.1. The molecule has 26 heavy (non-hydrogen) atoms. The topological polar surface area (TPSA) is 67.7 Å². The summed E-state index contributed by atoms with van der Waals surface area (Å²) in [6, 6.07) is 10.8. The van der Waals surface area contributed by atoms with Crippen molar-refractivity contribution in [2.75, 3.05) is 33.9 Å². The number of nitrogens with zero attached hydrogens (tertiary/aromatic N) is 3. The molecule has 6 heteroatoms. The summed E-state index contributed by atoms with van der Waals surface area (Å²) in [5.41, 5.74) is 1.07. The summed E-state index contributed by atoms with van der Waals surface area (Å²) in [6.45, 7) is 2.74. The van der Waals surface area contributed by atoms with E-state index in [9.17, 15) is 5.11 Å². The molecule has 0 spiro atoms. The smallest absolute Gasteiger partial charge is 0.319 e. The lowest BCUT2D eigenvalue weighted by Crippen LogP contribution is -2.43. The predicted octanol–water partition coefficient (Wildman–Crippen LogP) is 2.41. The van der Waals surface area contributed by atoms with E-state index in [-0.39, 0.29) is 6.01 Å². The Balaban J connectivity index is 1.55. The summed E-state index contributed by atoms with van der Waals surface area (Å²) < 4.78 is 10.4. The second kappa shape index (κ2) is 8.47. The Morgan fingerprint density at radius 3 is 2.50 bits per heavy atom. The van der Waals surface area contributed by atoms with E-state index >= 15 is 0 Å². The number of aromatic nitrogens is 2. The molecule has 6 nitrogen and oxygen atoms in total. The van der Waals surface area contributed by atoms with Crippen LogP contribution in [0.4, 0.5) is 0 Å². The first-order valence-electron chi connectivity index (χ1n) is 9.09. The van der Waals surface area contributed by atoms with Crippen LogP contribution >= 0.6 is 0 Å². The van der Waals surface area contributed by atoms with Crippen molar-refractivity contribution in [1.29, 1.82) is 0 Å². The molecule has 1 aliphatic heterocycles. The number of rotatable bonds is 7. The molecule has 1 aromatic carbocycles. The molecule has 0 radical (unpaired) electrons. The fourth-order valence-electron chi connectivity index (χ4n) is 3.49. The van der Waals surface area contributed by atoms with Crippen LogP contribution in [-0.4, -0.2) is 53.8 Å². The molecule has 0 atom stereocenters. The first kappa shape index (κ1) is 18.6. The number of methoxy groups -OCH3 is 2. The highest BCUT2D eigenvalue weighted by atomic mass is 16.5. The van der Waals surface area contributed by atoms with Crippen LogP contribution in [-0.2, 0) is 12.0 Å². The lowest BCUT2D eigenvalue weighted by atomic mass is 9.85. The van der Waals surface area contributed by atoms with Crippen LogP contribution in [0.1, 0.15) is 30.4 Å². The molecule has 3 rings (SSSR count). The van der Waals surface area contributed by atoms with Crippen molar-refractivity contribution in [3.8, 4) is 11.9 Å². The zero-order chi connectivity index (χ0) is 18.4. The molecule has 0 aliphatic carbocycles. The van der Waals surface area contributed by atoms with Crippen LogP contribution in [0.25, 0.3) is 0 Å². The number of likely N-dealkylation sites (tertiary alicyclic amines) is 1. The fourth-order valence-corrected chi connectivity index (χ4v) is 3.49. The molecule has 0 amide bonds. The molecule has 2 aromatic rings. The number of piperidine rings is 1. The molecule has 1 fully saturated rings. The fraction of sp³-hybridized carbons (Fsp3) is 0.500. The SMILES string of the molecule is COc1ncc(C2(O)CCN(CCCc3ccccc3)CC2)c(OC)n1. The number of benzene rings is 1. The van der Waals surface area contributed by atoms with Gasteiger partial charge in [-0.15, -0.1) is 0 Å². The van der Waals surface area contributed by atoms with Crippen LogP contribution < -0.4 is 9.47 Å². The third-order valence-electron chi connectivity index (χ3n) is 5.07. The van der Waals surface area contributed by atoms with Crippen LogP contribution in [0.5, 0.6) is 11.9 Å². The van der Waals surface area contributed by atoms with Crippen LogP contribution in [0.2, 0.25) is 0 Å². The van der Waals surface area contributed by atoms with E-state index in [1.54, 1.807) is 13.3 Å². The number of hydrogen-bond donors (Lipinski definition) is 1. The van der Waals surface area contributed by atoms with E-state index in [4.69, 9.17) is 9.47 Å². The normalized spacial score (nSPS) is 17.0. The summed E-state index contributed by atoms with van der Waals surface area (Å²) in [7, 11) is 3.06. The Kier molecular flexibility index (Phi) is 6.06. The number of aryl methyl sites for hydroxylation is 1. The third kappa shape index (κ3) is 4.31. The average molecular weight is 357 g/mol. The largest absolute Gasteiger partial charge is 0.481 e. The molecule has 1 aliphatic rings. The van der Waals surface area contributed by atoms with Gasteiger partial charge in [-0.1, -0.05) is 30.3 Å². The minimum atomic E-state index is -0.951. The van der Waals surface area contributed by atoms with Crippen molar-refractivity contribution in [3.63, 3.8) is 0 Å². The minimum Gasteiger partial charge on any atom is -0.481 e. The van der Waals surface area contributed by atoms with Gasteiger partial charge in [-0.05, 0) is 37.8 Å². The van der Waals surface area contributed by atoms with E-state index in [1.165, 1.54) is 12.7 Å². The van der Waals surface area contributed by atoms with Gasteiger partial charge in [0.1, 0.15) is 0 Å². The Labute approximate surface area is 154 Å². The van der Waals surface area contributed by atoms with E-state index in [0.717, 1.165) is 32.5 Å². The van der Waals surface area contributed by atoms with Gasteiger partial charge in [0.15, 0.2) is 0 Å². The zero-order valence-corrected chi connectivity index (χ0v) is 15.5. The lowest BCUT2D eigenvalue weighted by molar-refractivity contribution is -0.0283. The molecular weight excluding hydrogens is 330 g/mol. The van der Waals surface area contributed by atoms with Gasteiger partial charge in [0.05, 0.1) is 25.4 Å². The molecule has 2 heterocycles. The molecule has 1 saturated heterocycles. The predicted molar refractivity (Wildman–Crippen MR) is 99.5 cm³/mol. The number of ether oxygens (including phenoxy) is 2. The summed E-state index contributed by atoms with van der Waals surface area (Å²) in [5.74, 6) is 0.386. The summed E-state index contributed by atoms with van der Waals surface area (Å²) in [5, 5.41) is 11.1. The van der Waals surface area contributed by atoms with Crippen molar-refractivity contribution >= 4 is 0 Å². The van der Waals surface area contributed by atoms with Crippen LogP contribution in [0.3, 0.4) is 0 Å². The Morgan fingerprint density at radius 2 is 1.85 bits per heavy atom. The second-order valence-electron chi connectivity index (χ2n) is 6.74. The molecule has 140 valence electrons. The van der Waals surface area contributed by atoms with Crippen molar-refractivity contribution in [2.45, 2.75) is 31.3 Å². The Bertz CT molecular complexity index is 701. The highest BCUT2D eigenvalue weighted by Crippen LogP contribution is 2.37. The van der Waals surface area contributed by atoms with Gasteiger partial charge in [-0.25, -0.2) is 4.98 Å². The molecule has 0 unspecified atom stereocenters. The van der Waals surface area contributed by atoms with E-state index < -0.39 is 5.60 Å². The van der Waals surface area contributed by atoms with E-state index in [1.807, 2.05) is 6.07 Å². The number of hydrogen-bond acceptors (Lipinski definition) is 6. The van der Waals surface area contributed by atoms with E-state index in [0.29, 0.717) is 24.3 Å². The van der Waals surface area contributed by atoms with Gasteiger partial charge < -0.3 is 19.5 Å². The molecule has 1 aromatic heterocycles. The molecule has 0 bridgehead atoms. The van der Waals surface area contributed by atoms with Crippen molar-refractivity contribution < 1.29 is 14.6 Å². The van der Waals surface area contributed by atoms with Gasteiger partial charge >= 0.3 is 6.01 Å². The first-order chi connectivity index (χ1) is 12.6. The number of aliphatic hydroxyl groups is 1. The van der Waals surface area contributed by atoms with Crippen LogP contribution in [0, 0.1) is 0 Å². The lowest BCUT2D eigenvalue weighted by Gasteiger charge is -2.38. The van der Waals surface area contributed by atoms with Crippen LogP contribution in [0.15, 0.2) is 36.5 Å². The first-order valence-corrected chi connectivity index (χ1v) is 9.09. The second-order valence-corrected chi connectivity index (χ2v) is 6.74. The zero-order valence-electron chi connectivity index (χ0n) is 15.5. The Morgan fingerprint density at radius 1 is 1.12 bits per heavy atom. The quantitative estimate of drug-likeness (QED) is 0.821. The summed E-state index contributed by atoms with van der Waals surface area (Å²) in [4.78, 5) is 10.8. The van der Waals surface area contributed by atoms with Crippen molar-refractivity contribution in [3.05, 3.63) is 47.7 Å². The highest BCUT2D eigenvalue weighted by Gasteiger charge is 2.37. The monoisotopic (exact) mass is 357 g/mol. The Hall–Kier alpha value is -2.18. The van der Waals surface area contributed by atoms with Gasteiger partial charge in [0, 0.05) is 19.3 Å². The molecular formula is C20H27N3O3. The molecule has 1 N–H and O–H groups in total. The van der Waals surface area contributed by atoms with E-state index in [2.05, 4.69) is 39.1 Å². The molecule has 0 saturated carbocycles. The summed E-state index contributed by atoms with van der Waals surface area (Å²) >= 11 is 0. The van der Waals surface area contributed by atoms with Gasteiger partial charge in [0.25, 0.3) is 0 Å². The van der Waals surface area contributed by atoms with Crippen molar-refractivity contribution in [1.82, 2.24) is 14.9 Å². The maximum Gasteiger partial charge on any atom is 0.319 e. The van der Waals surface area contributed by atoms with Crippen molar-refractivity contribution in [2.24, 2.45) is 0 Å². The minimum absolute atomic E-state index is 0.243. The van der Waals surface area contributed by atoms with Gasteiger partial charge in [-0.3, -0.25) is 0 Å². The van der Waals surface area contributed by atoms with Gasteiger partial charge in [-0.2, -0.15) is 4.98 Å². The highest BCUT2D eigenvalue weighted by molar-refractivity contribution is 5.31. The summed E-state index contributed by atoms with van der Waals surface area (Å²) in [6.07, 6.45) is 5.11. The maximum atomic E-state index is 11.1.